The smallest absolute Gasteiger partial charge is 0.276 e. The van der Waals surface area contributed by atoms with Gasteiger partial charge >= 0.3 is 0 Å². The zero-order valence-corrected chi connectivity index (χ0v) is 27.0. The van der Waals surface area contributed by atoms with Crippen LogP contribution in [0.15, 0.2) is 95.9 Å². The van der Waals surface area contributed by atoms with Crippen LogP contribution < -0.4 is 15.1 Å². The van der Waals surface area contributed by atoms with Crippen molar-refractivity contribution in [2.45, 2.75) is 31.2 Å². The predicted molar refractivity (Wildman–Crippen MR) is 182 cm³/mol. The van der Waals surface area contributed by atoms with E-state index in [9.17, 15) is 18.5 Å². The number of benzene rings is 3. The fraction of sp³-hybridized carbons (Fsp3) is 0.194. The van der Waals surface area contributed by atoms with Crippen LogP contribution in [0.1, 0.15) is 49.8 Å². The first-order valence-corrected chi connectivity index (χ1v) is 17.2. The normalized spacial score (nSPS) is 17.3. The highest BCUT2D eigenvalue weighted by atomic mass is 32.2. The number of hydrogen-bond donors (Lipinski definition) is 1. The summed E-state index contributed by atoms with van der Waals surface area (Å²) in [6.45, 7) is 4.77. The van der Waals surface area contributed by atoms with Crippen molar-refractivity contribution < 1.29 is 18.5 Å². The second-order valence-electron chi connectivity index (χ2n) is 11.4. The van der Waals surface area contributed by atoms with Gasteiger partial charge in [-0.1, -0.05) is 54.6 Å². The number of aromatic nitrogens is 1. The molecule has 2 amide bonds. The summed E-state index contributed by atoms with van der Waals surface area (Å²) in [7, 11) is 0. The van der Waals surface area contributed by atoms with Crippen LogP contribution in [0.3, 0.4) is 0 Å². The van der Waals surface area contributed by atoms with E-state index in [1.165, 1.54) is 17.4 Å². The fourth-order valence-corrected chi connectivity index (χ4v) is 8.68. The van der Waals surface area contributed by atoms with E-state index >= 15 is 0 Å². The number of thiophene rings is 1. The number of carbonyl (C=O) groups is 2. The molecular formula is C36H31FN4O3S2. The van der Waals surface area contributed by atoms with E-state index in [4.69, 9.17) is 4.98 Å². The number of rotatable bonds is 4. The Morgan fingerprint density at radius 2 is 1.78 bits per heavy atom. The maximum absolute atomic E-state index is 14.4. The molecule has 0 fully saturated rings. The standard InChI is InChI=1S/C36H31FN4O3S2/c1-22-9-7-12-27(37)33(22)39-35(42)30-21-24-17-18-41(29-14-5-3-11-26(29)34(24)45-30)36(43)28-13-8-16-32(38-28)40-19-20-46(44)31-15-6-4-10-25(31)23(40)2/h3-16,21,23H,17-20H2,1-2H3,(H,39,42)/t23-,46?/m1/s1. The van der Waals surface area contributed by atoms with E-state index in [2.05, 4.69) is 17.1 Å². The van der Waals surface area contributed by atoms with Crippen LogP contribution in [0.5, 0.6) is 0 Å². The van der Waals surface area contributed by atoms with E-state index < -0.39 is 17.0 Å². The molecule has 7 rings (SSSR count). The number of halogens is 1. The lowest BCUT2D eigenvalue weighted by atomic mass is 10.1. The third kappa shape index (κ3) is 5.46. The Hall–Kier alpha value is -4.51. The van der Waals surface area contributed by atoms with Gasteiger partial charge in [0.2, 0.25) is 0 Å². The van der Waals surface area contributed by atoms with Crippen molar-refractivity contribution in [3.05, 3.63) is 124 Å². The van der Waals surface area contributed by atoms with Gasteiger partial charge in [-0.3, -0.25) is 9.59 Å². The summed E-state index contributed by atoms with van der Waals surface area (Å²) in [5.41, 5.74) is 4.69. The summed E-state index contributed by atoms with van der Waals surface area (Å²) in [5, 5.41) is 2.74. The van der Waals surface area contributed by atoms with E-state index in [0.717, 1.165) is 32.2 Å². The van der Waals surface area contributed by atoms with Gasteiger partial charge < -0.3 is 19.7 Å². The molecule has 0 radical (unpaired) electrons. The molecule has 2 atom stereocenters. The Morgan fingerprint density at radius 3 is 2.63 bits per heavy atom. The van der Waals surface area contributed by atoms with Gasteiger partial charge in [0.15, 0.2) is 4.90 Å². The SMILES string of the molecule is Cc1cccc(F)c1NC(=O)c1cc2c(s1)-c1ccccc1N(C(=O)c1cccc(N3CC[S+]([O-])c4ccccc4[C@H]3C)n1)CC2. The van der Waals surface area contributed by atoms with Crippen molar-refractivity contribution in [1.82, 2.24) is 4.98 Å². The highest BCUT2D eigenvalue weighted by Crippen LogP contribution is 2.42. The van der Waals surface area contributed by atoms with Crippen molar-refractivity contribution in [1.29, 1.82) is 0 Å². The number of amides is 2. The number of nitrogens with one attached hydrogen (secondary N) is 1. The molecule has 0 bridgehead atoms. The maximum atomic E-state index is 14.4. The van der Waals surface area contributed by atoms with Crippen LogP contribution in [0.2, 0.25) is 0 Å². The van der Waals surface area contributed by atoms with E-state index in [0.29, 0.717) is 47.2 Å². The van der Waals surface area contributed by atoms with Gasteiger partial charge in [0.05, 0.1) is 28.8 Å². The molecule has 4 heterocycles. The molecule has 1 unspecified atom stereocenters. The van der Waals surface area contributed by atoms with Gasteiger partial charge in [-0.2, -0.15) is 0 Å². The second kappa shape index (κ2) is 12.4. The average molecular weight is 651 g/mol. The molecule has 0 aliphatic carbocycles. The Morgan fingerprint density at radius 1 is 1.00 bits per heavy atom. The van der Waals surface area contributed by atoms with Crippen LogP contribution in [0.25, 0.3) is 10.4 Å². The lowest BCUT2D eigenvalue weighted by Gasteiger charge is -2.28. The van der Waals surface area contributed by atoms with Crippen molar-refractivity contribution >= 4 is 51.5 Å². The number of para-hydroxylation sites is 2. The van der Waals surface area contributed by atoms with Gasteiger partial charge in [-0.25, -0.2) is 9.37 Å². The Balaban J connectivity index is 1.17. The van der Waals surface area contributed by atoms with Crippen LogP contribution in [0, 0.1) is 12.7 Å². The van der Waals surface area contributed by atoms with Crippen molar-refractivity contribution in [3.63, 3.8) is 0 Å². The second-order valence-corrected chi connectivity index (χ2v) is 14.0. The van der Waals surface area contributed by atoms with Crippen LogP contribution in [-0.2, 0) is 17.6 Å². The molecule has 2 aliphatic heterocycles. The first kappa shape index (κ1) is 30.2. The number of nitrogens with zero attached hydrogens (tertiary/aromatic N) is 3. The molecule has 46 heavy (non-hydrogen) atoms. The third-order valence-electron chi connectivity index (χ3n) is 8.63. The molecule has 2 aromatic heterocycles. The van der Waals surface area contributed by atoms with E-state index in [-0.39, 0.29) is 23.5 Å². The highest BCUT2D eigenvalue weighted by molar-refractivity contribution is 7.91. The average Bonchev–Trinajstić information content (AvgIpc) is 3.38. The Labute approximate surface area is 273 Å². The summed E-state index contributed by atoms with van der Waals surface area (Å²) < 4.78 is 27.4. The topological polar surface area (TPSA) is 88.6 Å². The number of pyridine rings is 1. The molecule has 7 nitrogen and oxygen atoms in total. The number of hydrogen-bond acceptors (Lipinski definition) is 6. The first-order chi connectivity index (χ1) is 22.3. The van der Waals surface area contributed by atoms with Gasteiger partial charge in [-0.05, 0) is 79.0 Å². The molecule has 1 N–H and O–H groups in total. The minimum atomic E-state index is -1.11. The maximum Gasteiger partial charge on any atom is 0.276 e. The molecule has 5 aromatic rings. The van der Waals surface area contributed by atoms with E-state index in [1.54, 1.807) is 30.0 Å². The van der Waals surface area contributed by atoms with Crippen molar-refractivity contribution in [3.8, 4) is 10.4 Å². The lowest BCUT2D eigenvalue weighted by molar-refractivity contribution is 0.0981. The quantitative estimate of drug-likeness (QED) is 0.205. The summed E-state index contributed by atoms with van der Waals surface area (Å²) in [5.74, 6) is 0.0720. The molecule has 10 heteroatoms. The zero-order valence-electron chi connectivity index (χ0n) is 25.3. The van der Waals surface area contributed by atoms with Gasteiger partial charge in [0.25, 0.3) is 11.8 Å². The Bertz CT molecular complexity index is 1960. The van der Waals surface area contributed by atoms with Gasteiger partial charge in [0, 0.05) is 22.5 Å². The predicted octanol–water partition coefficient (Wildman–Crippen LogP) is 7.40. The van der Waals surface area contributed by atoms with Crippen molar-refractivity contribution in [2.75, 3.05) is 34.0 Å². The summed E-state index contributed by atoms with van der Waals surface area (Å²) in [6.07, 6.45) is 0.531. The molecule has 3 aromatic carbocycles. The number of fused-ring (bicyclic) bond motifs is 4. The van der Waals surface area contributed by atoms with Gasteiger partial charge in [-0.15, -0.1) is 11.3 Å². The van der Waals surface area contributed by atoms with Gasteiger partial charge in [0.1, 0.15) is 23.1 Å². The molecule has 0 saturated heterocycles. The molecule has 232 valence electrons. The Kier molecular flexibility index (Phi) is 8.10. The summed E-state index contributed by atoms with van der Waals surface area (Å²) in [6, 6.07) is 27.4. The molecular weight excluding hydrogens is 620 g/mol. The zero-order chi connectivity index (χ0) is 31.9. The van der Waals surface area contributed by atoms with Crippen LogP contribution in [0.4, 0.5) is 21.6 Å². The third-order valence-corrected chi connectivity index (χ3v) is 11.3. The number of aryl methyl sites for hydroxylation is 1. The first-order valence-electron chi connectivity index (χ1n) is 15.1. The van der Waals surface area contributed by atoms with Crippen LogP contribution in [-0.4, -0.2) is 40.2 Å². The minimum Gasteiger partial charge on any atom is -0.611 e. The molecule has 2 aliphatic rings. The monoisotopic (exact) mass is 650 g/mol. The number of anilines is 3. The molecule has 0 saturated carbocycles. The highest BCUT2D eigenvalue weighted by Gasteiger charge is 2.32. The number of carbonyl (C=O) groups excluding carboxylic acids is 2. The van der Waals surface area contributed by atoms with E-state index in [1.807, 2.05) is 66.7 Å². The lowest BCUT2D eigenvalue weighted by Crippen LogP contribution is -2.34. The summed E-state index contributed by atoms with van der Waals surface area (Å²) in [4.78, 5) is 38.3. The fourth-order valence-electron chi connectivity index (χ4n) is 6.22. The largest absolute Gasteiger partial charge is 0.611 e. The minimum absolute atomic E-state index is 0.0657. The summed E-state index contributed by atoms with van der Waals surface area (Å²) >= 11 is 0.227. The van der Waals surface area contributed by atoms with Crippen LogP contribution >= 0.6 is 11.3 Å². The molecule has 0 spiro atoms. The van der Waals surface area contributed by atoms with Crippen molar-refractivity contribution in [2.24, 2.45) is 0 Å².